The molecule has 2 N–H and O–H groups in total. The molecule has 20 heavy (non-hydrogen) atoms. The van der Waals surface area contributed by atoms with E-state index >= 15 is 0 Å². The van der Waals surface area contributed by atoms with Crippen molar-refractivity contribution >= 4 is 11.6 Å². The highest BCUT2D eigenvalue weighted by Crippen LogP contribution is 2.12. The van der Waals surface area contributed by atoms with Crippen molar-refractivity contribution in [1.29, 1.82) is 0 Å². The van der Waals surface area contributed by atoms with Crippen LogP contribution in [0.3, 0.4) is 0 Å². The molecule has 2 heterocycles. The first-order valence-electron chi connectivity index (χ1n) is 7.02. The van der Waals surface area contributed by atoms with Gasteiger partial charge in [-0.1, -0.05) is 25.8 Å². The molecule has 0 radical (unpaired) electrons. The molecule has 0 bridgehead atoms. The average molecular weight is 275 g/mol. The van der Waals surface area contributed by atoms with E-state index in [2.05, 4.69) is 17.2 Å². The van der Waals surface area contributed by atoms with Gasteiger partial charge < -0.3 is 10.4 Å². The predicted octanol–water partition coefficient (Wildman–Crippen LogP) is 1.92. The number of imidazole rings is 1. The van der Waals surface area contributed by atoms with Crippen molar-refractivity contribution in [3.05, 3.63) is 35.8 Å². The quantitative estimate of drug-likeness (QED) is 0.846. The Hall–Kier alpha value is -1.88. The number of carbonyl (C=O) groups is 1. The summed E-state index contributed by atoms with van der Waals surface area (Å²) >= 11 is 0. The molecule has 0 aliphatic carbocycles. The number of aromatic nitrogens is 2. The third kappa shape index (κ3) is 2.99. The minimum atomic E-state index is -0.198. The van der Waals surface area contributed by atoms with Crippen LogP contribution in [0.5, 0.6) is 0 Å². The van der Waals surface area contributed by atoms with Gasteiger partial charge >= 0.3 is 0 Å². The van der Waals surface area contributed by atoms with E-state index in [0.29, 0.717) is 11.4 Å². The second-order valence-electron chi connectivity index (χ2n) is 4.97. The Morgan fingerprint density at radius 1 is 1.50 bits per heavy atom. The van der Waals surface area contributed by atoms with E-state index < -0.39 is 0 Å². The van der Waals surface area contributed by atoms with Crippen LogP contribution in [0.2, 0.25) is 0 Å². The number of pyridine rings is 1. The Morgan fingerprint density at radius 3 is 3.00 bits per heavy atom. The highest BCUT2D eigenvalue weighted by molar-refractivity contribution is 5.94. The Balaban J connectivity index is 2.20. The minimum Gasteiger partial charge on any atom is -0.394 e. The number of nitrogens with one attached hydrogen (secondary N) is 1. The molecule has 0 aliphatic heterocycles. The lowest BCUT2D eigenvalue weighted by atomic mass is 10.1. The van der Waals surface area contributed by atoms with Gasteiger partial charge in [0.05, 0.1) is 18.3 Å². The Kier molecular flexibility index (Phi) is 4.74. The molecule has 1 atom stereocenters. The summed E-state index contributed by atoms with van der Waals surface area (Å²) in [4.78, 5) is 16.8. The highest BCUT2D eigenvalue weighted by atomic mass is 16.3. The van der Waals surface area contributed by atoms with E-state index in [0.717, 1.165) is 24.9 Å². The molecule has 5 nitrogen and oxygen atoms in total. The minimum absolute atomic E-state index is 0.0402. The van der Waals surface area contributed by atoms with Gasteiger partial charge in [0, 0.05) is 6.20 Å². The molecule has 0 aromatic carbocycles. The fourth-order valence-electron chi connectivity index (χ4n) is 2.30. The number of hydrogen-bond acceptors (Lipinski definition) is 3. The molecule has 2 rings (SSSR count). The zero-order chi connectivity index (χ0) is 14.5. The summed E-state index contributed by atoms with van der Waals surface area (Å²) in [6.07, 6.45) is 4.64. The van der Waals surface area contributed by atoms with Gasteiger partial charge in [-0.05, 0) is 25.5 Å². The number of nitrogens with zero attached hydrogens (tertiary/aromatic N) is 2. The molecular weight excluding hydrogens is 254 g/mol. The van der Waals surface area contributed by atoms with Crippen molar-refractivity contribution < 1.29 is 9.90 Å². The van der Waals surface area contributed by atoms with Crippen LogP contribution < -0.4 is 5.32 Å². The Morgan fingerprint density at radius 2 is 2.30 bits per heavy atom. The van der Waals surface area contributed by atoms with Crippen LogP contribution >= 0.6 is 0 Å². The standard InChI is InChI=1S/C15H21N3O2/c1-3-4-7-12(10-19)17-15(20)14-11(2)16-13-8-5-6-9-18(13)14/h5-6,8-9,12,19H,3-4,7,10H2,1-2H3,(H,17,20)/t12-/m1/s1. The van der Waals surface area contributed by atoms with Crippen LogP contribution in [-0.2, 0) is 0 Å². The molecule has 2 aromatic heterocycles. The highest BCUT2D eigenvalue weighted by Gasteiger charge is 2.19. The average Bonchev–Trinajstić information content (AvgIpc) is 2.79. The van der Waals surface area contributed by atoms with Gasteiger partial charge in [0.15, 0.2) is 0 Å². The van der Waals surface area contributed by atoms with Crippen LogP contribution in [0.1, 0.15) is 42.4 Å². The first-order valence-corrected chi connectivity index (χ1v) is 7.02. The molecule has 2 aromatic rings. The molecular formula is C15H21N3O2. The van der Waals surface area contributed by atoms with Gasteiger partial charge in [0.1, 0.15) is 11.3 Å². The van der Waals surface area contributed by atoms with Gasteiger partial charge in [-0.2, -0.15) is 0 Å². The number of carbonyl (C=O) groups excluding carboxylic acids is 1. The maximum Gasteiger partial charge on any atom is 0.270 e. The molecule has 108 valence electrons. The van der Waals surface area contributed by atoms with Gasteiger partial charge in [-0.25, -0.2) is 4.98 Å². The summed E-state index contributed by atoms with van der Waals surface area (Å²) in [7, 11) is 0. The van der Waals surface area contributed by atoms with E-state index in [1.165, 1.54) is 0 Å². The van der Waals surface area contributed by atoms with Crippen LogP contribution in [-0.4, -0.2) is 33.0 Å². The zero-order valence-electron chi connectivity index (χ0n) is 12.0. The van der Waals surface area contributed by atoms with Gasteiger partial charge in [-0.15, -0.1) is 0 Å². The lowest BCUT2D eigenvalue weighted by molar-refractivity contribution is 0.0905. The first-order chi connectivity index (χ1) is 9.67. The summed E-state index contributed by atoms with van der Waals surface area (Å²) < 4.78 is 1.78. The van der Waals surface area contributed by atoms with Crippen molar-refractivity contribution in [3.8, 4) is 0 Å². The number of hydrogen-bond donors (Lipinski definition) is 2. The van der Waals surface area contributed by atoms with E-state index in [4.69, 9.17) is 0 Å². The monoisotopic (exact) mass is 275 g/mol. The normalized spacial score (nSPS) is 12.6. The molecule has 1 amide bonds. The van der Waals surface area contributed by atoms with Gasteiger partial charge in [-0.3, -0.25) is 9.20 Å². The third-order valence-electron chi connectivity index (χ3n) is 3.38. The maximum atomic E-state index is 12.4. The van der Waals surface area contributed by atoms with Crippen LogP contribution in [0.15, 0.2) is 24.4 Å². The fraction of sp³-hybridized carbons (Fsp3) is 0.467. The number of unbranched alkanes of at least 4 members (excludes halogenated alkanes) is 1. The van der Waals surface area contributed by atoms with Crippen LogP contribution in [0.25, 0.3) is 5.65 Å². The van der Waals surface area contributed by atoms with Crippen molar-refractivity contribution in [2.75, 3.05) is 6.61 Å². The van der Waals surface area contributed by atoms with Crippen LogP contribution in [0, 0.1) is 6.92 Å². The van der Waals surface area contributed by atoms with E-state index in [1.807, 2.05) is 31.3 Å². The van der Waals surface area contributed by atoms with E-state index in [9.17, 15) is 9.90 Å². The SMILES string of the molecule is CCCC[C@H](CO)NC(=O)c1c(C)nc2ccccn12. The number of rotatable bonds is 6. The van der Waals surface area contributed by atoms with Crippen molar-refractivity contribution in [2.45, 2.75) is 39.2 Å². The second-order valence-corrected chi connectivity index (χ2v) is 4.97. The summed E-state index contributed by atoms with van der Waals surface area (Å²) in [6.45, 7) is 3.87. The lowest BCUT2D eigenvalue weighted by Gasteiger charge is -2.16. The number of aliphatic hydroxyl groups is 1. The molecule has 0 saturated heterocycles. The zero-order valence-corrected chi connectivity index (χ0v) is 12.0. The molecule has 0 spiro atoms. The van der Waals surface area contributed by atoms with Crippen molar-refractivity contribution in [3.63, 3.8) is 0 Å². The fourth-order valence-corrected chi connectivity index (χ4v) is 2.30. The first kappa shape index (κ1) is 14.5. The van der Waals surface area contributed by atoms with Gasteiger partial charge in [0.2, 0.25) is 0 Å². The second kappa shape index (κ2) is 6.52. The topological polar surface area (TPSA) is 66.6 Å². The molecule has 0 unspecified atom stereocenters. The van der Waals surface area contributed by atoms with E-state index in [1.54, 1.807) is 4.40 Å². The number of amides is 1. The number of aryl methyl sites for hydroxylation is 1. The largest absolute Gasteiger partial charge is 0.394 e. The van der Waals surface area contributed by atoms with Crippen molar-refractivity contribution in [2.24, 2.45) is 0 Å². The Labute approximate surface area is 118 Å². The third-order valence-corrected chi connectivity index (χ3v) is 3.38. The summed E-state index contributed by atoms with van der Waals surface area (Å²) in [6, 6.07) is 5.42. The Bertz CT molecular complexity index is 592. The smallest absolute Gasteiger partial charge is 0.270 e. The summed E-state index contributed by atoms with van der Waals surface area (Å²) in [5.41, 5.74) is 1.99. The van der Waals surface area contributed by atoms with Crippen molar-refractivity contribution in [1.82, 2.24) is 14.7 Å². The molecule has 0 saturated carbocycles. The van der Waals surface area contributed by atoms with E-state index in [-0.39, 0.29) is 18.6 Å². The molecule has 0 aliphatic rings. The molecule has 5 heteroatoms. The van der Waals surface area contributed by atoms with Gasteiger partial charge in [0.25, 0.3) is 5.91 Å². The van der Waals surface area contributed by atoms with Crippen LogP contribution in [0.4, 0.5) is 0 Å². The number of fused-ring (bicyclic) bond motifs is 1. The molecule has 0 fully saturated rings. The predicted molar refractivity (Wildman–Crippen MR) is 77.8 cm³/mol. The maximum absolute atomic E-state index is 12.4. The summed E-state index contributed by atoms with van der Waals surface area (Å²) in [5.74, 6) is -0.184. The number of aliphatic hydroxyl groups excluding tert-OH is 1. The lowest BCUT2D eigenvalue weighted by Crippen LogP contribution is -2.38. The summed E-state index contributed by atoms with van der Waals surface area (Å²) in [5, 5.41) is 12.2.